The Morgan fingerprint density at radius 2 is 1.38 bits per heavy atom. The molecule has 0 heterocycles. The van der Waals surface area contributed by atoms with Crippen LogP contribution in [0.4, 0.5) is 0 Å². The molecule has 0 bridgehead atoms. The van der Waals surface area contributed by atoms with E-state index in [9.17, 15) is 19.8 Å². The van der Waals surface area contributed by atoms with Crippen LogP contribution in [0.15, 0.2) is 30.3 Å². The molecule has 2 aromatic carbocycles. The van der Waals surface area contributed by atoms with Crippen LogP contribution in [-0.2, 0) is 10.8 Å². The maximum atomic E-state index is 11.6. The van der Waals surface area contributed by atoms with Crippen LogP contribution in [0.1, 0.15) is 75.7 Å². The Labute approximate surface area is 153 Å². The summed E-state index contributed by atoms with van der Waals surface area (Å²) in [7, 11) is 0. The Morgan fingerprint density at radius 1 is 0.846 bits per heavy atom. The van der Waals surface area contributed by atoms with Crippen molar-refractivity contribution in [2.75, 3.05) is 0 Å². The zero-order valence-electron chi connectivity index (χ0n) is 15.8. The molecule has 2 N–H and O–H groups in total. The number of hydrogen-bond donors (Lipinski definition) is 2. The third-order valence-electron chi connectivity index (χ3n) is 5.87. The third-order valence-corrected chi connectivity index (χ3v) is 5.87. The summed E-state index contributed by atoms with van der Waals surface area (Å²) in [6, 6.07) is 9.14. The molecule has 3 rings (SSSR count). The molecular formula is C22H24O4. The topological polar surface area (TPSA) is 74.6 Å². The van der Waals surface area contributed by atoms with Crippen LogP contribution in [0.25, 0.3) is 0 Å². The smallest absolute Gasteiger partial charge is 0.336 e. The molecule has 4 nitrogen and oxygen atoms in total. The number of benzene rings is 2. The first-order valence-electron chi connectivity index (χ1n) is 8.71. The van der Waals surface area contributed by atoms with Crippen LogP contribution in [0, 0.1) is 13.8 Å². The summed E-state index contributed by atoms with van der Waals surface area (Å²) in [4.78, 5) is 23.0. The van der Waals surface area contributed by atoms with Crippen LogP contribution >= 0.6 is 0 Å². The first-order chi connectivity index (χ1) is 12.0. The van der Waals surface area contributed by atoms with Gasteiger partial charge in [-0.15, -0.1) is 0 Å². The number of hydrogen-bond acceptors (Lipinski definition) is 2. The molecule has 4 heteroatoms. The number of rotatable bonds is 3. The van der Waals surface area contributed by atoms with Gasteiger partial charge in [0.05, 0.1) is 11.1 Å². The molecule has 0 radical (unpaired) electrons. The summed E-state index contributed by atoms with van der Waals surface area (Å²) in [5.41, 5.74) is 5.02. The van der Waals surface area contributed by atoms with Crippen LogP contribution in [0.5, 0.6) is 0 Å². The van der Waals surface area contributed by atoms with Crippen molar-refractivity contribution in [1.82, 2.24) is 0 Å². The minimum atomic E-state index is -1.22. The highest BCUT2D eigenvalue weighted by atomic mass is 16.4. The van der Waals surface area contributed by atoms with Gasteiger partial charge in [-0.25, -0.2) is 9.59 Å². The second kappa shape index (κ2) is 5.70. The minimum Gasteiger partial charge on any atom is -0.478 e. The van der Waals surface area contributed by atoms with Gasteiger partial charge in [0.1, 0.15) is 0 Å². The average molecular weight is 352 g/mol. The Hall–Kier alpha value is -2.62. The van der Waals surface area contributed by atoms with Crippen LogP contribution in [0.3, 0.4) is 0 Å². The van der Waals surface area contributed by atoms with Crippen LogP contribution in [0.2, 0.25) is 0 Å². The summed E-state index contributed by atoms with van der Waals surface area (Å²) < 4.78 is 0. The number of carboxylic acids is 2. The zero-order valence-corrected chi connectivity index (χ0v) is 15.8. The van der Waals surface area contributed by atoms with Gasteiger partial charge in [-0.05, 0) is 65.6 Å². The fraction of sp³-hybridized carbons (Fsp3) is 0.364. The molecule has 2 aromatic rings. The highest BCUT2D eigenvalue weighted by Gasteiger charge is 2.46. The van der Waals surface area contributed by atoms with Crippen molar-refractivity contribution in [3.05, 3.63) is 69.3 Å². The van der Waals surface area contributed by atoms with Crippen molar-refractivity contribution >= 4 is 11.9 Å². The second-order valence-corrected chi connectivity index (χ2v) is 8.25. The lowest BCUT2D eigenvalue weighted by molar-refractivity contribution is 0.0651. The van der Waals surface area contributed by atoms with Crippen molar-refractivity contribution in [2.45, 2.75) is 51.9 Å². The summed E-state index contributed by atoms with van der Waals surface area (Å²) >= 11 is 0. The molecule has 0 aromatic heterocycles. The average Bonchev–Trinajstić information content (AvgIpc) is 2.74. The quantitative estimate of drug-likeness (QED) is 0.840. The molecule has 0 spiro atoms. The maximum absolute atomic E-state index is 11.6. The van der Waals surface area contributed by atoms with Gasteiger partial charge in [0.25, 0.3) is 0 Å². The standard InChI is InChI=1S/C22H24O4/c1-12-8-17-18(9-13(12)2)22(5,11-21(17,3)4)14-6-7-15(19(23)24)16(10-14)20(25)26/h6-10H,11H2,1-5H3,(H,23,24)(H,25,26). The molecule has 0 saturated heterocycles. The lowest BCUT2D eigenvalue weighted by Crippen LogP contribution is -2.24. The number of carbonyl (C=O) groups is 2. The molecule has 0 aliphatic heterocycles. The van der Waals surface area contributed by atoms with Crippen molar-refractivity contribution in [2.24, 2.45) is 0 Å². The molecule has 1 atom stereocenters. The van der Waals surface area contributed by atoms with Crippen molar-refractivity contribution in [1.29, 1.82) is 0 Å². The fourth-order valence-electron chi connectivity index (χ4n) is 4.42. The lowest BCUT2D eigenvalue weighted by atomic mass is 9.74. The normalized spacial score (nSPS) is 20.7. The van der Waals surface area contributed by atoms with E-state index in [-0.39, 0.29) is 22.0 Å². The summed E-state index contributed by atoms with van der Waals surface area (Å²) in [6.45, 7) is 10.7. The minimum absolute atomic E-state index is 0.0442. The molecule has 26 heavy (non-hydrogen) atoms. The molecule has 136 valence electrons. The number of fused-ring (bicyclic) bond motifs is 1. The molecule has 0 saturated carbocycles. The number of aromatic carboxylic acids is 2. The zero-order chi connectivity index (χ0) is 19.4. The van der Waals surface area contributed by atoms with Crippen LogP contribution in [-0.4, -0.2) is 22.2 Å². The van der Waals surface area contributed by atoms with E-state index >= 15 is 0 Å². The number of aryl methyl sites for hydroxylation is 2. The summed E-state index contributed by atoms with van der Waals surface area (Å²) in [5, 5.41) is 18.8. The summed E-state index contributed by atoms with van der Waals surface area (Å²) in [6.07, 6.45) is 0.837. The van der Waals surface area contributed by atoms with Crippen molar-refractivity contribution in [3.63, 3.8) is 0 Å². The van der Waals surface area contributed by atoms with Crippen molar-refractivity contribution < 1.29 is 19.8 Å². The van der Waals surface area contributed by atoms with Gasteiger partial charge in [-0.3, -0.25) is 0 Å². The van der Waals surface area contributed by atoms with E-state index in [0.29, 0.717) is 0 Å². The van der Waals surface area contributed by atoms with Gasteiger partial charge in [0.15, 0.2) is 0 Å². The molecule has 1 aliphatic carbocycles. The monoisotopic (exact) mass is 352 g/mol. The third kappa shape index (κ3) is 2.61. The van der Waals surface area contributed by atoms with E-state index in [4.69, 9.17) is 0 Å². The predicted octanol–water partition coefficient (Wildman–Crippen LogP) is 4.69. The van der Waals surface area contributed by atoms with Gasteiger partial charge in [0, 0.05) is 5.41 Å². The molecule has 0 fully saturated rings. The summed E-state index contributed by atoms with van der Waals surface area (Å²) in [5.74, 6) is -2.44. The van der Waals surface area contributed by atoms with Gasteiger partial charge in [-0.2, -0.15) is 0 Å². The molecule has 1 unspecified atom stereocenters. The van der Waals surface area contributed by atoms with E-state index in [1.54, 1.807) is 6.07 Å². The maximum Gasteiger partial charge on any atom is 0.336 e. The molecule has 1 aliphatic rings. The van der Waals surface area contributed by atoms with Gasteiger partial charge in [0.2, 0.25) is 0 Å². The van der Waals surface area contributed by atoms with E-state index < -0.39 is 11.9 Å². The Balaban J connectivity index is 2.26. The SMILES string of the molecule is Cc1cc2c(cc1C)C(C)(c1ccc(C(=O)O)c(C(=O)O)c1)CC2(C)C. The molecular weight excluding hydrogens is 328 g/mol. The van der Waals surface area contributed by atoms with E-state index in [1.807, 2.05) is 0 Å². The largest absolute Gasteiger partial charge is 0.478 e. The van der Waals surface area contributed by atoms with Crippen molar-refractivity contribution in [3.8, 4) is 0 Å². The second-order valence-electron chi connectivity index (χ2n) is 8.25. The van der Waals surface area contributed by atoms with Gasteiger partial charge >= 0.3 is 11.9 Å². The Bertz CT molecular complexity index is 939. The highest BCUT2D eigenvalue weighted by molar-refractivity contribution is 6.01. The molecule has 0 amide bonds. The lowest BCUT2D eigenvalue weighted by Gasteiger charge is -2.29. The Morgan fingerprint density at radius 3 is 1.92 bits per heavy atom. The first kappa shape index (κ1) is 18.2. The number of carboxylic acid groups (broad SMARTS) is 2. The fourth-order valence-corrected chi connectivity index (χ4v) is 4.42. The Kier molecular flexibility index (Phi) is 3.98. The van der Waals surface area contributed by atoms with E-state index in [2.05, 4.69) is 46.8 Å². The first-order valence-corrected chi connectivity index (χ1v) is 8.71. The predicted molar refractivity (Wildman–Crippen MR) is 100 cm³/mol. The highest BCUT2D eigenvalue weighted by Crippen LogP contribution is 2.53. The van der Waals surface area contributed by atoms with Crippen LogP contribution < -0.4 is 0 Å². The van der Waals surface area contributed by atoms with Gasteiger partial charge < -0.3 is 10.2 Å². The van der Waals surface area contributed by atoms with E-state index in [1.165, 1.54) is 34.4 Å². The van der Waals surface area contributed by atoms with E-state index in [0.717, 1.165) is 12.0 Å². The van der Waals surface area contributed by atoms with Gasteiger partial charge in [-0.1, -0.05) is 39.0 Å².